The predicted molar refractivity (Wildman–Crippen MR) is 97.6 cm³/mol. The van der Waals surface area contributed by atoms with Crippen LogP contribution in [0.15, 0.2) is 12.3 Å². The van der Waals surface area contributed by atoms with Crippen molar-refractivity contribution in [2.24, 2.45) is 5.92 Å². The topological polar surface area (TPSA) is 69.0 Å². The van der Waals surface area contributed by atoms with Crippen LogP contribution < -0.4 is 10.2 Å². The molecule has 1 aromatic heterocycles. The molecular weight excluding hydrogens is 401 g/mol. The lowest BCUT2D eigenvalue weighted by molar-refractivity contribution is -0.137. The summed E-state index contributed by atoms with van der Waals surface area (Å²) in [5.41, 5.74) is -1.67. The zero-order valence-corrected chi connectivity index (χ0v) is 15.9. The summed E-state index contributed by atoms with van der Waals surface area (Å²) in [5.74, 6) is 1.38. The Morgan fingerprint density at radius 1 is 1.44 bits per heavy atom. The van der Waals surface area contributed by atoms with E-state index in [4.69, 9.17) is 11.6 Å². The number of hydrogen-bond donors (Lipinski definition) is 1. The second-order valence-electron chi connectivity index (χ2n) is 6.77. The normalized spacial score (nSPS) is 23.9. The van der Waals surface area contributed by atoms with Crippen LogP contribution >= 0.6 is 23.4 Å². The van der Waals surface area contributed by atoms with E-state index in [1.165, 1.54) is 0 Å². The molecule has 1 unspecified atom stereocenters. The lowest BCUT2D eigenvalue weighted by atomic mass is 9.93. The van der Waals surface area contributed by atoms with Gasteiger partial charge in [0.25, 0.3) is 0 Å². The Morgan fingerprint density at radius 3 is 2.67 bits per heavy atom. The van der Waals surface area contributed by atoms with E-state index in [9.17, 15) is 23.2 Å². The Morgan fingerprint density at radius 2 is 2.15 bits per heavy atom. The number of pyridine rings is 1. The van der Waals surface area contributed by atoms with E-state index in [0.717, 1.165) is 18.0 Å². The molecule has 0 aliphatic carbocycles. The molecule has 0 bridgehead atoms. The molecule has 5 nitrogen and oxygen atoms in total. The number of nitriles is 1. The summed E-state index contributed by atoms with van der Waals surface area (Å²) < 4.78 is 38.2. The van der Waals surface area contributed by atoms with Gasteiger partial charge in [-0.1, -0.05) is 11.6 Å². The van der Waals surface area contributed by atoms with Gasteiger partial charge in [0, 0.05) is 31.0 Å². The fourth-order valence-corrected chi connectivity index (χ4v) is 4.84. The molecule has 3 heterocycles. The molecule has 2 aliphatic heterocycles. The fourth-order valence-electron chi connectivity index (χ4n) is 3.29. The van der Waals surface area contributed by atoms with Crippen molar-refractivity contribution in [3.63, 3.8) is 0 Å². The van der Waals surface area contributed by atoms with Gasteiger partial charge in [-0.05, 0) is 31.1 Å². The number of alkyl halides is 3. The summed E-state index contributed by atoms with van der Waals surface area (Å²) in [6.45, 7) is 0.926. The van der Waals surface area contributed by atoms with Crippen LogP contribution in [-0.2, 0) is 11.0 Å². The van der Waals surface area contributed by atoms with Gasteiger partial charge < -0.3 is 10.2 Å². The maximum atomic E-state index is 12.7. The fraction of sp³-hybridized carbons (Fsp3) is 0.588. The van der Waals surface area contributed by atoms with E-state index in [0.29, 0.717) is 43.9 Å². The van der Waals surface area contributed by atoms with Gasteiger partial charge in [0.05, 0.1) is 16.7 Å². The number of anilines is 1. The highest BCUT2D eigenvalue weighted by Crippen LogP contribution is 2.35. The molecule has 2 fully saturated rings. The molecule has 2 saturated heterocycles. The molecule has 3 rings (SSSR count). The number of rotatable bonds is 3. The number of amides is 1. The van der Waals surface area contributed by atoms with Crippen molar-refractivity contribution in [1.82, 2.24) is 10.3 Å². The third-order valence-electron chi connectivity index (χ3n) is 4.91. The number of thioether (sulfide) groups is 1. The average molecular weight is 419 g/mol. The van der Waals surface area contributed by atoms with Gasteiger partial charge in [-0.25, -0.2) is 4.98 Å². The van der Waals surface area contributed by atoms with Gasteiger partial charge in [-0.15, -0.1) is 0 Å². The Bertz CT molecular complexity index is 754. The number of halogens is 4. The second kappa shape index (κ2) is 7.76. The predicted octanol–water partition coefficient (Wildman–Crippen LogP) is 3.49. The Hall–Kier alpha value is -1.66. The van der Waals surface area contributed by atoms with Crippen molar-refractivity contribution in [2.45, 2.75) is 31.0 Å². The largest absolute Gasteiger partial charge is 0.417 e. The van der Waals surface area contributed by atoms with E-state index in [1.54, 1.807) is 16.7 Å². The quantitative estimate of drug-likeness (QED) is 0.813. The van der Waals surface area contributed by atoms with E-state index >= 15 is 0 Å². The van der Waals surface area contributed by atoms with Crippen molar-refractivity contribution in [3.8, 4) is 6.07 Å². The highest BCUT2D eigenvalue weighted by atomic mass is 35.5. The summed E-state index contributed by atoms with van der Waals surface area (Å²) >= 11 is 7.64. The summed E-state index contributed by atoms with van der Waals surface area (Å²) in [7, 11) is 0. The van der Waals surface area contributed by atoms with E-state index < -0.39 is 17.3 Å². The van der Waals surface area contributed by atoms with Gasteiger partial charge in [0.1, 0.15) is 11.4 Å². The molecule has 1 aromatic rings. The monoisotopic (exact) mass is 418 g/mol. The van der Waals surface area contributed by atoms with Crippen LogP contribution in [0.4, 0.5) is 19.0 Å². The van der Waals surface area contributed by atoms with Gasteiger partial charge >= 0.3 is 6.18 Å². The zero-order chi connectivity index (χ0) is 19.7. The minimum absolute atomic E-state index is 0.0564. The third-order valence-corrected chi connectivity index (χ3v) is 6.38. The number of carbonyl (C=O) groups is 1. The minimum atomic E-state index is -4.49. The number of aromatic nitrogens is 1. The lowest BCUT2D eigenvalue weighted by Crippen LogP contribution is -2.51. The number of nitrogens with zero attached hydrogens (tertiary/aromatic N) is 3. The number of piperidine rings is 1. The third kappa shape index (κ3) is 4.43. The lowest BCUT2D eigenvalue weighted by Gasteiger charge is -2.34. The molecule has 27 heavy (non-hydrogen) atoms. The molecule has 2 aliphatic rings. The Balaban J connectivity index is 1.60. The SMILES string of the molecule is N#CC1(NC(=O)C2CCN(c3ncc(C(F)(F)F)cc3Cl)CC2)CCSC1. The molecule has 10 heteroatoms. The maximum Gasteiger partial charge on any atom is 0.417 e. The van der Waals surface area contributed by atoms with Crippen LogP contribution in [0, 0.1) is 17.2 Å². The first-order chi connectivity index (χ1) is 12.7. The average Bonchev–Trinajstić information content (AvgIpc) is 3.10. The molecule has 146 valence electrons. The smallest absolute Gasteiger partial charge is 0.355 e. The maximum absolute atomic E-state index is 12.7. The Labute approximate surface area is 164 Å². The zero-order valence-electron chi connectivity index (χ0n) is 14.4. The van der Waals surface area contributed by atoms with Gasteiger partial charge in [-0.2, -0.15) is 30.2 Å². The highest BCUT2D eigenvalue weighted by Gasteiger charge is 2.38. The van der Waals surface area contributed by atoms with Crippen molar-refractivity contribution >= 4 is 35.1 Å². The summed E-state index contributed by atoms with van der Waals surface area (Å²) in [6, 6.07) is 3.10. The van der Waals surface area contributed by atoms with Crippen molar-refractivity contribution in [3.05, 3.63) is 22.8 Å². The van der Waals surface area contributed by atoms with Crippen LogP contribution in [0.3, 0.4) is 0 Å². The number of nitrogens with one attached hydrogen (secondary N) is 1. The summed E-state index contributed by atoms with van der Waals surface area (Å²) in [6.07, 6.45) is -2.02. The summed E-state index contributed by atoms with van der Waals surface area (Å²) in [4.78, 5) is 18.2. The molecule has 0 spiro atoms. The second-order valence-corrected chi connectivity index (χ2v) is 8.29. The molecule has 1 amide bonds. The van der Waals surface area contributed by atoms with E-state index in [-0.39, 0.29) is 16.8 Å². The number of hydrogen-bond acceptors (Lipinski definition) is 5. The van der Waals surface area contributed by atoms with Gasteiger partial charge in [0.2, 0.25) is 5.91 Å². The molecule has 0 aromatic carbocycles. The standard InChI is InChI=1S/C17H18ClF3N4OS/c18-13-7-12(17(19,20)21)8-23-14(13)25-4-1-11(2-5-25)15(26)24-16(9-22)3-6-27-10-16/h7-8,11H,1-6,10H2,(H,24,26). The van der Waals surface area contributed by atoms with E-state index in [2.05, 4.69) is 16.4 Å². The van der Waals surface area contributed by atoms with Crippen molar-refractivity contribution < 1.29 is 18.0 Å². The van der Waals surface area contributed by atoms with Gasteiger partial charge in [0.15, 0.2) is 0 Å². The molecule has 1 atom stereocenters. The highest BCUT2D eigenvalue weighted by molar-refractivity contribution is 7.99. The molecule has 1 N–H and O–H groups in total. The van der Waals surface area contributed by atoms with E-state index in [1.807, 2.05) is 0 Å². The van der Waals surface area contributed by atoms with Crippen LogP contribution in [0.25, 0.3) is 0 Å². The minimum Gasteiger partial charge on any atom is -0.355 e. The first-order valence-corrected chi connectivity index (χ1v) is 10.1. The molecule has 0 saturated carbocycles. The molecule has 0 radical (unpaired) electrons. The van der Waals surface area contributed by atoms with Crippen LogP contribution in [0.5, 0.6) is 0 Å². The van der Waals surface area contributed by atoms with Crippen LogP contribution in [0.2, 0.25) is 5.02 Å². The van der Waals surface area contributed by atoms with Crippen LogP contribution in [-0.4, -0.2) is 41.0 Å². The number of carbonyl (C=O) groups excluding carboxylic acids is 1. The van der Waals surface area contributed by atoms with Gasteiger partial charge in [-0.3, -0.25) is 4.79 Å². The van der Waals surface area contributed by atoms with Crippen molar-refractivity contribution in [1.29, 1.82) is 5.26 Å². The van der Waals surface area contributed by atoms with Crippen LogP contribution in [0.1, 0.15) is 24.8 Å². The Kier molecular flexibility index (Phi) is 5.77. The first-order valence-electron chi connectivity index (χ1n) is 8.53. The summed E-state index contributed by atoms with van der Waals surface area (Å²) in [5, 5.41) is 12.2. The first kappa shape index (κ1) is 20.1. The van der Waals surface area contributed by atoms with Crippen molar-refractivity contribution in [2.75, 3.05) is 29.5 Å². The molecular formula is C17H18ClF3N4OS.